The molecule has 0 amide bonds. The topological polar surface area (TPSA) is 63.4 Å². The van der Waals surface area contributed by atoms with E-state index < -0.39 is 0 Å². The lowest BCUT2D eigenvalue weighted by Gasteiger charge is -2.17. The molecular weight excluding hydrogens is 216 g/mol. The van der Waals surface area contributed by atoms with Crippen molar-refractivity contribution in [2.75, 3.05) is 38.8 Å². The van der Waals surface area contributed by atoms with Crippen molar-refractivity contribution in [3.63, 3.8) is 0 Å². The molecule has 3 N–H and O–H groups in total. The van der Waals surface area contributed by atoms with Crippen LogP contribution in [-0.4, -0.2) is 43.7 Å². The number of nitrogens with two attached hydrogens (primary N) is 1. The van der Waals surface area contributed by atoms with Crippen LogP contribution in [0.1, 0.15) is 13.3 Å². The molecule has 96 valence electrons. The van der Waals surface area contributed by atoms with Crippen LogP contribution >= 0.6 is 0 Å². The Morgan fingerprint density at radius 3 is 2.76 bits per heavy atom. The number of nitrogens with one attached hydrogen (secondary N) is 1. The first-order chi connectivity index (χ1) is 8.02. The van der Waals surface area contributed by atoms with Crippen LogP contribution in [0.15, 0.2) is 12.1 Å². The molecule has 0 aliphatic carbocycles. The molecule has 1 atom stereocenters. The largest absolute Gasteiger partial charge is 0.479 e. The van der Waals surface area contributed by atoms with Crippen molar-refractivity contribution in [3.8, 4) is 5.88 Å². The highest BCUT2D eigenvalue weighted by Gasteiger charge is 2.06. The van der Waals surface area contributed by atoms with Gasteiger partial charge in [-0.1, -0.05) is 0 Å². The zero-order valence-electron chi connectivity index (χ0n) is 11.0. The van der Waals surface area contributed by atoms with Gasteiger partial charge in [-0.05, 0) is 46.1 Å². The standard InChI is InChI=1S/C12H22N4O/c1-9(7-8-16(2)3)14-11-6-5-10(13)12(15-11)17-4/h5-6,9H,7-8,13H2,1-4H3,(H,14,15). The molecule has 1 unspecified atom stereocenters. The summed E-state index contributed by atoms with van der Waals surface area (Å²) in [6, 6.07) is 4.02. The van der Waals surface area contributed by atoms with Crippen LogP contribution in [0, 0.1) is 0 Å². The first-order valence-corrected chi connectivity index (χ1v) is 5.74. The molecule has 0 aliphatic heterocycles. The molecule has 0 aliphatic rings. The predicted molar refractivity (Wildman–Crippen MR) is 71.5 cm³/mol. The Morgan fingerprint density at radius 2 is 2.18 bits per heavy atom. The van der Waals surface area contributed by atoms with Gasteiger partial charge in [0.1, 0.15) is 5.82 Å². The van der Waals surface area contributed by atoms with Crippen molar-refractivity contribution < 1.29 is 4.74 Å². The Labute approximate surface area is 103 Å². The molecule has 1 heterocycles. The lowest BCUT2D eigenvalue weighted by Crippen LogP contribution is -2.23. The Kier molecular flexibility index (Phi) is 5.03. The summed E-state index contributed by atoms with van der Waals surface area (Å²) in [4.78, 5) is 6.45. The molecule has 5 heteroatoms. The maximum Gasteiger partial charge on any atom is 0.238 e. The van der Waals surface area contributed by atoms with E-state index in [1.165, 1.54) is 0 Å². The highest BCUT2D eigenvalue weighted by molar-refractivity contribution is 5.53. The lowest BCUT2D eigenvalue weighted by atomic mass is 10.2. The minimum atomic E-state index is 0.359. The van der Waals surface area contributed by atoms with Gasteiger partial charge in [0, 0.05) is 6.04 Å². The summed E-state index contributed by atoms with van der Waals surface area (Å²) in [5.41, 5.74) is 6.26. The van der Waals surface area contributed by atoms with Crippen molar-refractivity contribution in [1.82, 2.24) is 9.88 Å². The molecule has 1 rings (SSSR count). The minimum Gasteiger partial charge on any atom is -0.479 e. The Bertz CT molecular complexity index is 354. The van der Waals surface area contributed by atoms with Crippen LogP contribution in [0.5, 0.6) is 5.88 Å². The number of ether oxygens (including phenoxy) is 1. The normalized spacial score (nSPS) is 12.5. The molecule has 0 bridgehead atoms. The van der Waals surface area contributed by atoms with Crippen molar-refractivity contribution in [3.05, 3.63) is 12.1 Å². The van der Waals surface area contributed by atoms with Gasteiger partial charge >= 0.3 is 0 Å². The lowest BCUT2D eigenvalue weighted by molar-refractivity contribution is 0.389. The summed E-state index contributed by atoms with van der Waals surface area (Å²) >= 11 is 0. The molecule has 0 saturated carbocycles. The first kappa shape index (κ1) is 13.6. The minimum absolute atomic E-state index is 0.359. The number of nitrogen functional groups attached to an aromatic ring is 1. The Balaban J connectivity index is 2.56. The fourth-order valence-electron chi connectivity index (χ4n) is 1.47. The number of anilines is 2. The van der Waals surface area contributed by atoms with Gasteiger partial charge in [0.05, 0.1) is 12.8 Å². The zero-order valence-corrected chi connectivity index (χ0v) is 11.0. The number of methoxy groups -OCH3 is 1. The third kappa shape index (κ3) is 4.48. The summed E-state index contributed by atoms with van der Waals surface area (Å²) < 4.78 is 5.08. The molecule has 0 saturated heterocycles. The van der Waals surface area contributed by atoms with Gasteiger partial charge in [0.25, 0.3) is 0 Å². The van der Waals surface area contributed by atoms with Crippen LogP contribution in [0.25, 0.3) is 0 Å². The second-order valence-electron chi connectivity index (χ2n) is 4.43. The number of nitrogens with zero attached hydrogens (tertiary/aromatic N) is 2. The fourth-order valence-corrected chi connectivity index (χ4v) is 1.47. The summed E-state index contributed by atoms with van der Waals surface area (Å²) in [5.74, 6) is 1.26. The summed E-state index contributed by atoms with van der Waals surface area (Å²) in [6.45, 7) is 3.17. The van der Waals surface area contributed by atoms with Crippen molar-refractivity contribution >= 4 is 11.5 Å². The molecular formula is C12H22N4O. The first-order valence-electron chi connectivity index (χ1n) is 5.74. The molecule has 0 fully saturated rings. The van der Waals surface area contributed by atoms with Gasteiger partial charge in [-0.3, -0.25) is 0 Å². The maximum absolute atomic E-state index is 5.71. The SMILES string of the molecule is COc1nc(NC(C)CCN(C)C)ccc1N. The average Bonchev–Trinajstić information content (AvgIpc) is 2.29. The van der Waals surface area contributed by atoms with E-state index in [0.29, 0.717) is 17.6 Å². The van der Waals surface area contributed by atoms with Gasteiger partial charge < -0.3 is 20.7 Å². The van der Waals surface area contributed by atoms with Gasteiger partial charge in [0.2, 0.25) is 5.88 Å². The van der Waals surface area contributed by atoms with E-state index in [4.69, 9.17) is 10.5 Å². The van der Waals surface area contributed by atoms with Crippen LogP contribution in [-0.2, 0) is 0 Å². The molecule has 1 aromatic heterocycles. The van der Waals surface area contributed by atoms with E-state index in [2.05, 4.69) is 36.2 Å². The number of pyridine rings is 1. The van der Waals surface area contributed by atoms with Gasteiger partial charge in [-0.25, -0.2) is 0 Å². The number of rotatable bonds is 6. The van der Waals surface area contributed by atoms with E-state index >= 15 is 0 Å². The summed E-state index contributed by atoms with van der Waals surface area (Å²) in [6.07, 6.45) is 1.06. The third-order valence-electron chi connectivity index (χ3n) is 2.49. The van der Waals surface area contributed by atoms with Crippen LogP contribution < -0.4 is 15.8 Å². The van der Waals surface area contributed by atoms with E-state index in [1.54, 1.807) is 13.2 Å². The predicted octanol–water partition coefficient (Wildman–Crippen LogP) is 1.42. The van der Waals surface area contributed by atoms with Crippen LogP contribution in [0.4, 0.5) is 11.5 Å². The van der Waals surface area contributed by atoms with Crippen molar-refractivity contribution in [1.29, 1.82) is 0 Å². The summed E-state index contributed by atoms with van der Waals surface area (Å²) in [5, 5.41) is 3.33. The van der Waals surface area contributed by atoms with Gasteiger partial charge in [0.15, 0.2) is 0 Å². The molecule has 17 heavy (non-hydrogen) atoms. The number of hydrogen-bond acceptors (Lipinski definition) is 5. The molecule has 0 spiro atoms. The Hall–Kier alpha value is -1.49. The van der Waals surface area contributed by atoms with Crippen molar-refractivity contribution in [2.45, 2.75) is 19.4 Å². The summed E-state index contributed by atoms with van der Waals surface area (Å²) in [7, 11) is 5.70. The highest BCUT2D eigenvalue weighted by atomic mass is 16.5. The zero-order chi connectivity index (χ0) is 12.8. The molecule has 5 nitrogen and oxygen atoms in total. The molecule has 0 aromatic carbocycles. The number of hydrogen-bond donors (Lipinski definition) is 2. The molecule has 1 aromatic rings. The second-order valence-corrected chi connectivity index (χ2v) is 4.43. The third-order valence-corrected chi connectivity index (χ3v) is 2.49. The van der Waals surface area contributed by atoms with Gasteiger partial charge in [-0.15, -0.1) is 0 Å². The smallest absolute Gasteiger partial charge is 0.238 e. The van der Waals surface area contributed by atoms with E-state index in [0.717, 1.165) is 18.8 Å². The number of aromatic nitrogens is 1. The molecule has 0 radical (unpaired) electrons. The van der Waals surface area contributed by atoms with E-state index in [-0.39, 0.29) is 0 Å². The monoisotopic (exact) mass is 238 g/mol. The van der Waals surface area contributed by atoms with E-state index in [9.17, 15) is 0 Å². The average molecular weight is 238 g/mol. The second kappa shape index (κ2) is 6.30. The van der Waals surface area contributed by atoms with Crippen LogP contribution in [0.3, 0.4) is 0 Å². The Morgan fingerprint density at radius 1 is 1.47 bits per heavy atom. The highest BCUT2D eigenvalue weighted by Crippen LogP contribution is 2.20. The van der Waals surface area contributed by atoms with Crippen LogP contribution in [0.2, 0.25) is 0 Å². The maximum atomic E-state index is 5.71. The quantitative estimate of drug-likeness (QED) is 0.785. The van der Waals surface area contributed by atoms with Gasteiger partial charge in [-0.2, -0.15) is 4.98 Å². The van der Waals surface area contributed by atoms with E-state index in [1.807, 2.05) is 6.07 Å². The van der Waals surface area contributed by atoms with Crippen molar-refractivity contribution in [2.24, 2.45) is 0 Å². The fraction of sp³-hybridized carbons (Fsp3) is 0.583.